The molecular formula is C36H22N2. The summed E-state index contributed by atoms with van der Waals surface area (Å²) < 4.78 is 0. The molecule has 8 aromatic rings. The predicted molar refractivity (Wildman–Crippen MR) is 160 cm³/mol. The average Bonchev–Trinajstić information content (AvgIpc) is 3.00. The molecule has 8 rings (SSSR count). The number of nitrogens with zero attached hydrogens (tertiary/aromatic N) is 2. The minimum Gasteiger partial charge on any atom is -0.265 e. The average molecular weight is 483 g/mol. The molecule has 0 saturated carbocycles. The number of aromatic nitrogens is 2. The van der Waals surface area contributed by atoms with Crippen molar-refractivity contribution in [1.82, 2.24) is 9.97 Å². The predicted octanol–water partition coefficient (Wildman–Crippen LogP) is 9.53. The van der Waals surface area contributed by atoms with Crippen LogP contribution in [0.4, 0.5) is 0 Å². The van der Waals surface area contributed by atoms with Crippen molar-refractivity contribution in [3.05, 3.63) is 134 Å². The summed E-state index contributed by atoms with van der Waals surface area (Å²) in [6.45, 7) is 0. The van der Waals surface area contributed by atoms with Gasteiger partial charge in [0, 0.05) is 30.2 Å². The van der Waals surface area contributed by atoms with Gasteiger partial charge in [0.15, 0.2) is 0 Å². The van der Waals surface area contributed by atoms with Crippen LogP contribution >= 0.6 is 0 Å². The molecular weight excluding hydrogens is 460 g/mol. The molecule has 0 atom stereocenters. The summed E-state index contributed by atoms with van der Waals surface area (Å²) in [6.07, 6.45) is 7.51. The molecule has 0 saturated heterocycles. The van der Waals surface area contributed by atoms with Crippen LogP contribution in [0.25, 0.3) is 76.5 Å². The maximum atomic E-state index is 4.33. The molecule has 0 aliphatic carbocycles. The summed E-state index contributed by atoms with van der Waals surface area (Å²) in [4.78, 5) is 8.48. The standard InChI is InChI=1S/C36H22N2/c1-2-28-22-38-21-18-30(28)31(3-1)32-13-9-27-10-14-33-29(12-8-26-11-15-34(32)36(27)35(26)33)25-6-4-23(5-7-25)24-16-19-37-20-17-24/h1-22H. The third kappa shape index (κ3) is 3.14. The summed E-state index contributed by atoms with van der Waals surface area (Å²) in [6, 6.07) is 39.8. The fraction of sp³-hybridized carbons (Fsp3) is 0. The highest BCUT2D eigenvalue weighted by atomic mass is 14.6. The maximum absolute atomic E-state index is 4.33. The second-order valence-corrected chi connectivity index (χ2v) is 9.86. The first-order valence-electron chi connectivity index (χ1n) is 12.9. The third-order valence-corrected chi connectivity index (χ3v) is 7.85. The molecule has 2 aromatic heterocycles. The second-order valence-electron chi connectivity index (χ2n) is 9.86. The minimum atomic E-state index is 1.16. The SMILES string of the molecule is c1cc(-c2ccc3ccc4c(-c5ccc(-c6ccncc6)cc5)ccc5ccc2c3c54)c2ccncc2c1. The van der Waals surface area contributed by atoms with Gasteiger partial charge in [-0.2, -0.15) is 0 Å². The van der Waals surface area contributed by atoms with Crippen LogP contribution in [0.5, 0.6) is 0 Å². The van der Waals surface area contributed by atoms with E-state index in [0.29, 0.717) is 0 Å². The molecule has 0 bridgehead atoms. The Labute approximate surface area is 220 Å². The van der Waals surface area contributed by atoms with Crippen LogP contribution in [-0.4, -0.2) is 9.97 Å². The highest BCUT2D eigenvalue weighted by Crippen LogP contribution is 2.43. The van der Waals surface area contributed by atoms with E-state index < -0.39 is 0 Å². The van der Waals surface area contributed by atoms with E-state index in [2.05, 4.69) is 119 Å². The lowest BCUT2D eigenvalue weighted by atomic mass is 9.86. The molecule has 0 amide bonds. The number of pyridine rings is 2. The minimum absolute atomic E-state index is 1.16. The summed E-state index contributed by atoms with van der Waals surface area (Å²) in [5.41, 5.74) is 7.37. The largest absolute Gasteiger partial charge is 0.265 e. The monoisotopic (exact) mass is 482 g/mol. The van der Waals surface area contributed by atoms with Crippen LogP contribution in [0.3, 0.4) is 0 Å². The van der Waals surface area contributed by atoms with Crippen LogP contribution < -0.4 is 0 Å². The van der Waals surface area contributed by atoms with Crippen molar-refractivity contribution in [1.29, 1.82) is 0 Å². The molecule has 0 aliphatic heterocycles. The van der Waals surface area contributed by atoms with Gasteiger partial charge in [-0.1, -0.05) is 91.0 Å². The Balaban J connectivity index is 1.36. The topological polar surface area (TPSA) is 25.8 Å². The molecule has 0 unspecified atom stereocenters. The first-order chi connectivity index (χ1) is 18.8. The lowest BCUT2D eigenvalue weighted by molar-refractivity contribution is 1.33. The molecule has 6 aromatic carbocycles. The molecule has 38 heavy (non-hydrogen) atoms. The van der Waals surface area contributed by atoms with Gasteiger partial charge in [-0.25, -0.2) is 0 Å². The summed E-state index contributed by atoms with van der Waals surface area (Å²) in [5, 5.41) is 10.2. The van der Waals surface area contributed by atoms with Crippen molar-refractivity contribution in [2.45, 2.75) is 0 Å². The van der Waals surface area contributed by atoms with Gasteiger partial charge in [-0.05, 0) is 89.3 Å². The van der Waals surface area contributed by atoms with Crippen LogP contribution in [0.2, 0.25) is 0 Å². The van der Waals surface area contributed by atoms with Gasteiger partial charge in [0.1, 0.15) is 0 Å². The number of rotatable bonds is 3. The number of hydrogen-bond acceptors (Lipinski definition) is 2. The van der Waals surface area contributed by atoms with Gasteiger partial charge >= 0.3 is 0 Å². The highest BCUT2D eigenvalue weighted by Gasteiger charge is 2.15. The fourth-order valence-electron chi connectivity index (χ4n) is 6.03. The van der Waals surface area contributed by atoms with Gasteiger partial charge in [0.25, 0.3) is 0 Å². The maximum Gasteiger partial charge on any atom is 0.0346 e. The Hall–Kier alpha value is -5.08. The first-order valence-corrected chi connectivity index (χ1v) is 12.9. The third-order valence-electron chi connectivity index (χ3n) is 7.85. The number of benzene rings is 6. The molecule has 0 aliphatic rings. The first kappa shape index (κ1) is 21.0. The van der Waals surface area contributed by atoms with Crippen molar-refractivity contribution >= 4 is 43.1 Å². The van der Waals surface area contributed by atoms with Crippen LogP contribution in [0.1, 0.15) is 0 Å². The Morgan fingerprint density at radius 2 is 0.921 bits per heavy atom. The van der Waals surface area contributed by atoms with Crippen LogP contribution in [0.15, 0.2) is 134 Å². The van der Waals surface area contributed by atoms with Gasteiger partial charge in [0.2, 0.25) is 0 Å². The summed E-state index contributed by atoms with van der Waals surface area (Å²) in [5.74, 6) is 0. The summed E-state index contributed by atoms with van der Waals surface area (Å²) >= 11 is 0. The van der Waals surface area contributed by atoms with E-state index in [4.69, 9.17) is 0 Å². The van der Waals surface area contributed by atoms with E-state index in [1.807, 2.05) is 24.8 Å². The van der Waals surface area contributed by atoms with Crippen molar-refractivity contribution < 1.29 is 0 Å². The normalized spacial score (nSPS) is 11.7. The lowest BCUT2D eigenvalue weighted by Crippen LogP contribution is -1.90. The Kier molecular flexibility index (Phi) is 4.55. The zero-order valence-electron chi connectivity index (χ0n) is 20.6. The van der Waals surface area contributed by atoms with Gasteiger partial charge in [-0.15, -0.1) is 0 Å². The molecule has 176 valence electrons. The molecule has 2 nitrogen and oxygen atoms in total. The fourth-order valence-corrected chi connectivity index (χ4v) is 6.03. The lowest BCUT2D eigenvalue weighted by Gasteiger charge is -2.17. The number of fused-ring (bicyclic) bond motifs is 1. The van der Waals surface area contributed by atoms with Gasteiger partial charge in [0.05, 0.1) is 0 Å². The van der Waals surface area contributed by atoms with E-state index in [-0.39, 0.29) is 0 Å². The molecule has 0 N–H and O–H groups in total. The van der Waals surface area contributed by atoms with E-state index in [9.17, 15) is 0 Å². The Morgan fingerprint density at radius 3 is 1.68 bits per heavy atom. The Bertz CT molecular complexity index is 2100. The zero-order valence-corrected chi connectivity index (χ0v) is 20.6. The van der Waals surface area contributed by atoms with E-state index in [1.165, 1.54) is 71.1 Å². The van der Waals surface area contributed by atoms with Gasteiger partial charge in [-0.3, -0.25) is 9.97 Å². The van der Waals surface area contributed by atoms with Crippen molar-refractivity contribution in [2.24, 2.45) is 0 Å². The smallest absolute Gasteiger partial charge is 0.0346 e. The molecule has 0 fully saturated rings. The Morgan fingerprint density at radius 1 is 0.342 bits per heavy atom. The van der Waals surface area contributed by atoms with Gasteiger partial charge < -0.3 is 0 Å². The molecule has 0 spiro atoms. The van der Waals surface area contributed by atoms with E-state index >= 15 is 0 Å². The quantitative estimate of drug-likeness (QED) is 0.234. The van der Waals surface area contributed by atoms with E-state index in [1.54, 1.807) is 0 Å². The second kappa shape index (κ2) is 8.22. The number of hydrogen-bond donors (Lipinski definition) is 0. The van der Waals surface area contributed by atoms with E-state index in [0.717, 1.165) is 5.39 Å². The summed E-state index contributed by atoms with van der Waals surface area (Å²) in [7, 11) is 0. The van der Waals surface area contributed by atoms with Crippen LogP contribution in [0, 0.1) is 0 Å². The van der Waals surface area contributed by atoms with Crippen LogP contribution in [-0.2, 0) is 0 Å². The molecule has 2 heterocycles. The zero-order chi connectivity index (χ0) is 25.1. The molecule has 2 heteroatoms. The molecule has 0 radical (unpaired) electrons. The van der Waals surface area contributed by atoms with Crippen molar-refractivity contribution in [3.8, 4) is 33.4 Å². The van der Waals surface area contributed by atoms with Crippen molar-refractivity contribution in [2.75, 3.05) is 0 Å². The highest BCUT2D eigenvalue weighted by molar-refractivity contribution is 6.28. The van der Waals surface area contributed by atoms with Crippen molar-refractivity contribution in [3.63, 3.8) is 0 Å².